The number of rotatable bonds is 14. The van der Waals surface area contributed by atoms with Crippen LogP contribution < -0.4 is 5.32 Å². The zero-order valence-corrected chi connectivity index (χ0v) is 14.5. The van der Waals surface area contributed by atoms with Gasteiger partial charge in [-0.25, -0.2) is 0 Å². The first-order valence-electron chi connectivity index (χ1n) is 9.42. The Morgan fingerprint density at radius 2 is 1.30 bits per heavy atom. The molecule has 0 saturated heterocycles. The van der Waals surface area contributed by atoms with Crippen LogP contribution in [0.25, 0.3) is 0 Å². The van der Waals surface area contributed by atoms with E-state index in [0.29, 0.717) is 11.5 Å². The number of hydrogen-bond acceptors (Lipinski definition) is 1. The molecule has 1 nitrogen and oxygen atoms in total. The average molecular weight is 282 g/mol. The third kappa shape index (κ3) is 9.00. The highest BCUT2D eigenvalue weighted by Gasteiger charge is 2.41. The van der Waals surface area contributed by atoms with Crippen molar-refractivity contribution >= 4 is 0 Å². The summed E-state index contributed by atoms with van der Waals surface area (Å²) in [5, 5.41) is 3.63. The summed E-state index contributed by atoms with van der Waals surface area (Å²) in [6.45, 7) is 8.08. The lowest BCUT2D eigenvalue weighted by atomic mass is 9.97. The van der Waals surface area contributed by atoms with Crippen LogP contribution in [-0.2, 0) is 0 Å². The summed E-state index contributed by atoms with van der Waals surface area (Å²) in [7, 11) is 0. The van der Waals surface area contributed by atoms with Crippen LogP contribution in [0.2, 0.25) is 0 Å². The van der Waals surface area contributed by atoms with Gasteiger partial charge in [0.15, 0.2) is 0 Å². The van der Waals surface area contributed by atoms with Gasteiger partial charge in [-0.15, -0.1) is 0 Å². The van der Waals surface area contributed by atoms with Gasteiger partial charge in [-0.05, 0) is 24.7 Å². The lowest BCUT2D eigenvalue weighted by Crippen LogP contribution is -2.29. The Bertz CT molecular complexity index is 218. The molecule has 1 heteroatoms. The molecule has 120 valence electrons. The summed E-state index contributed by atoms with van der Waals surface area (Å²) in [6.07, 6.45) is 19.0. The van der Waals surface area contributed by atoms with Crippen molar-refractivity contribution in [3.05, 3.63) is 0 Å². The Balaban J connectivity index is 1.83. The molecule has 0 aromatic heterocycles. The number of unbranched alkanes of at least 4 members (excludes halogenated alkanes) is 9. The van der Waals surface area contributed by atoms with Gasteiger partial charge in [0.1, 0.15) is 0 Å². The van der Waals surface area contributed by atoms with E-state index >= 15 is 0 Å². The predicted octanol–water partition coefficient (Wildman–Crippen LogP) is 6.08. The lowest BCUT2D eigenvalue weighted by Gasteiger charge is -2.17. The van der Waals surface area contributed by atoms with E-state index in [4.69, 9.17) is 0 Å². The molecule has 0 heterocycles. The van der Waals surface area contributed by atoms with E-state index in [1.807, 2.05) is 0 Å². The highest BCUT2D eigenvalue weighted by molar-refractivity contribution is 4.94. The van der Waals surface area contributed by atoms with Gasteiger partial charge in [0.2, 0.25) is 0 Å². The largest absolute Gasteiger partial charge is 0.314 e. The maximum absolute atomic E-state index is 3.63. The van der Waals surface area contributed by atoms with E-state index in [9.17, 15) is 0 Å². The van der Waals surface area contributed by atoms with Crippen molar-refractivity contribution in [3.63, 3.8) is 0 Å². The molecule has 1 rings (SSSR count). The van der Waals surface area contributed by atoms with Crippen molar-refractivity contribution < 1.29 is 0 Å². The van der Waals surface area contributed by atoms with Gasteiger partial charge in [-0.2, -0.15) is 0 Å². The predicted molar refractivity (Wildman–Crippen MR) is 91.3 cm³/mol. The third-order valence-corrected chi connectivity index (χ3v) is 4.90. The van der Waals surface area contributed by atoms with Crippen LogP contribution in [0.1, 0.15) is 104 Å². The minimum atomic E-state index is 0.653. The first-order valence-corrected chi connectivity index (χ1v) is 9.42. The first-order chi connectivity index (χ1) is 9.68. The number of hydrogen-bond donors (Lipinski definition) is 1. The Kier molecular flexibility index (Phi) is 9.59. The lowest BCUT2D eigenvalue weighted by molar-refractivity contribution is 0.386. The second kappa shape index (κ2) is 10.7. The van der Waals surface area contributed by atoms with Crippen LogP contribution in [0, 0.1) is 5.41 Å². The maximum atomic E-state index is 3.63. The van der Waals surface area contributed by atoms with E-state index in [2.05, 4.69) is 26.1 Å². The topological polar surface area (TPSA) is 12.0 Å². The summed E-state index contributed by atoms with van der Waals surface area (Å²) in [5.74, 6) is 0. The Morgan fingerprint density at radius 1 is 0.800 bits per heavy atom. The molecule has 1 aliphatic rings. The Hall–Kier alpha value is -0.0400. The first kappa shape index (κ1) is 18.0. The third-order valence-electron chi connectivity index (χ3n) is 4.90. The van der Waals surface area contributed by atoms with E-state index in [0.717, 1.165) is 0 Å². The van der Waals surface area contributed by atoms with Gasteiger partial charge in [0, 0.05) is 12.6 Å². The maximum Gasteiger partial charge on any atom is 0.00106 e. The standard InChI is InChI=1S/C19H39N/c1-4-5-6-7-8-9-10-11-12-13-14-19(15-16-19)17-20-18(2)3/h18,20H,4-17H2,1-3H3. The van der Waals surface area contributed by atoms with Crippen LogP contribution in [0.15, 0.2) is 0 Å². The highest BCUT2D eigenvalue weighted by atomic mass is 14.9. The monoisotopic (exact) mass is 281 g/mol. The molecule has 0 radical (unpaired) electrons. The van der Waals surface area contributed by atoms with Crippen LogP contribution in [0.5, 0.6) is 0 Å². The van der Waals surface area contributed by atoms with E-state index in [1.165, 1.54) is 90.0 Å². The van der Waals surface area contributed by atoms with Crippen LogP contribution in [0.4, 0.5) is 0 Å². The van der Waals surface area contributed by atoms with Gasteiger partial charge in [0.05, 0.1) is 0 Å². The van der Waals surface area contributed by atoms with Gasteiger partial charge in [-0.3, -0.25) is 0 Å². The van der Waals surface area contributed by atoms with E-state index in [1.54, 1.807) is 0 Å². The van der Waals surface area contributed by atoms with Gasteiger partial charge in [-0.1, -0.05) is 85.0 Å². The molecule has 1 saturated carbocycles. The molecule has 20 heavy (non-hydrogen) atoms. The summed E-state index contributed by atoms with van der Waals surface area (Å²) >= 11 is 0. The zero-order chi connectivity index (χ0) is 14.7. The van der Waals surface area contributed by atoms with Crippen molar-refractivity contribution in [2.24, 2.45) is 5.41 Å². The van der Waals surface area contributed by atoms with Gasteiger partial charge in [0.25, 0.3) is 0 Å². The molecule has 0 bridgehead atoms. The Labute approximate surface area is 128 Å². The fourth-order valence-corrected chi connectivity index (χ4v) is 3.10. The second-order valence-corrected chi connectivity index (χ2v) is 7.47. The minimum absolute atomic E-state index is 0.653. The fraction of sp³-hybridized carbons (Fsp3) is 1.00. The molecule has 1 fully saturated rings. The number of nitrogens with one attached hydrogen (secondary N) is 1. The smallest absolute Gasteiger partial charge is 0.00106 e. The highest BCUT2D eigenvalue weighted by Crippen LogP contribution is 2.49. The molecule has 0 aliphatic heterocycles. The molecular formula is C19H39N. The van der Waals surface area contributed by atoms with Gasteiger partial charge >= 0.3 is 0 Å². The zero-order valence-electron chi connectivity index (χ0n) is 14.5. The molecule has 0 amide bonds. The summed E-state index contributed by atoms with van der Waals surface area (Å²) in [4.78, 5) is 0. The van der Waals surface area contributed by atoms with Crippen LogP contribution >= 0.6 is 0 Å². The quantitative estimate of drug-likeness (QED) is 0.381. The fourth-order valence-electron chi connectivity index (χ4n) is 3.10. The molecule has 0 aromatic carbocycles. The van der Waals surface area contributed by atoms with Crippen molar-refractivity contribution in [2.75, 3.05) is 6.54 Å². The molecule has 0 unspecified atom stereocenters. The molecule has 0 atom stereocenters. The van der Waals surface area contributed by atoms with E-state index < -0.39 is 0 Å². The summed E-state index contributed by atoms with van der Waals surface area (Å²) in [6, 6.07) is 0.653. The van der Waals surface area contributed by atoms with Crippen molar-refractivity contribution in [1.82, 2.24) is 5.32 Å². The van der Waals surface area contributed by atoms with Crippen LogP contribution in [0.3, 0.4) is 0 Å². The molecule has 1 aliphatic carbocycles. The van der Waals surface area contributed by atoms with Crippen molar-refractivity contribution in [3.8, 4) is 0 Å². The molecule has 0 aromatic rings. The SMILES string of the molecule is CCCCCCCCCCCCC1(CNC(C)C)CC1. The second-order valence-electron chi connectivity index (χ2n) is 7.47. The minimum Gasteiger partial charge on any atom is -0.314 e. The van der Waals surface area contributed by atoms with E-state index in [-0.39, 0.29) is 0 Å². The van der Waals surface area contributed by atoms with Gasteiger partial charge < -0.3 is 5.32 Å². The Morgan fingerprint density at radius 3 is 1.75 bits per heavy atom. The molecule has 1 N–H and O–H groups in total. The normalized spacial score (nSPS) is 16.8. The molecule has 0 spiro atoms. The summed E-state index contributed by atoms with van der Waals surface area (Å²) < 4.78 is 0. The molecular weight excluding hydrogens is 242 g/mol. The summed E-state index contributed by atoms with van der Waals surface area (Å²) in [5.41, 5.74) is 0.713. The van der Waals surface area contributed by atoms with Crippen LogP contribution in [-0.4, -0.2) is 12.6 Å². The van der Waals surface area contributed by atoms with Crippen molar-refractivity contribution in [2.45, 2.75) is 110 Å². The van der Waals surface area contributed by atoms with Crippen molar-refractivity contribution in [1.29, 1.82) is 0 Å². The average Bonchev–Trinajstić information content (AvgIpc) is 3.19.